The third-order valence-electron chi connectivity index (χ3n) is 6.44. The number of halogens is 3. The molecule has 0 saturated heterocycles. The normalized spacial score (nSPS) is 14.0. The second kappa shape index (κ2) is 9.88. The van der Waals surface area contributed by atoms with E-state index in [2.05, 4.69) is 10.5 Å². The molecule has 0 bridgehead atoms. The van der Waals surface area contributed by atoms with Crippen molar-refractivity contribution in [1.82, 2.24) is 0 Å². The zero-order chi connectivity index (χ0) is 28.8. The smallest absolute Gasteiger partial charge is 0.416 e. The first-order valence-corrected chi connectivity index (χ1v) is 12.1. The summed E-state index contributed by atoms with van der Waals surface area (Å²) in [6.45, 7) is 3.64. The number of phenolic OH excluding ortho intramolecular Hbond substituents is 1. The number of carbonyl (C=O) groups is 2. The molecule has 0 saturated carbocycles. The fourth-order valence-corrected chi connectivity index (χ4v) is 4.67. The van der Waals surface area contributed by atoms with Gasteiger partial charge in [0, 0.05) is 16.8 Å². The van der Waals surface area contributed by atoms with Gasteiger partial charge in [0.15, 0.2) is 5.71 Å². The molecule has 7 nitrogen and oxygen atoms in total. The van der Waals surface area contributed by atoms with Crippen LogP contribution in [-0.4, -0.2) is 27.8 Å². The molecule has 0 aromatic heterocycles. The summed E-state index contributed by atoms with van der Waals surface area (Å²) in [4.78, 5) is 26.2. The molecule has 5 rings (SSSR count). The van der Waals surface area contributed by atoms with Gasteiger partial charge in [0.05, 0.1) is 22.5 Å². The van der Waals surface area contributed by atoms with Gasteiger partial charge in [-0.15, -0.1) is 0 Å². The Morgan fingerprint density at radius 1 is 0.900 bits per heavy atom. The van der Waals surface area contributed by atoms with Crippen molar-refractivity contribution in [2.75, 3.05) is 10.3 Å². The van der Waals surface area contributed by atoms with Crippen molar-refractivity contribution in [2.45, 2.75) is 20.0 Å². The number of hydrogen-bond donors (Lipinski definition) is 3. The lowest BCUT2D eigenvalue weighted by Crippen LogP contribution is -2.26. The molecule has 10 heteroatoms. The molecule has 1 amide bonds. The Hall–Kier alpha value is -5.12. The molecule has 0 aliphatic carbocycles. The van der Waals surface area contributed by atoms with Gasteiger partial charge < -0.3 is 10.2 Å². The van der Waals surface area contributed by atoms with Crippen LogP contribution in [0.5, 0.6) is 5.75 Å². The summed E-state index contributed by atoms with van der Waals surface area (Å²) >= 11 is 0. The number of aromatic hydroxyl groups is 1. The monoisotopic (exact) mass is 545 g/mol. The molecular weight excluding hydrogens is 523 g/mol. The number of carboxylic acid groups (broad SMARTS) is 1. The van der Waals surface area contributed by atoms with Crippen molar-refractivity contribution in [1.29, 1.82) is 0 Å². The van der Waals surface area contributed by atoms with E-state index in [-0.39, 0.29) is 34.0 Å². The van der Waals surface area contributed by atoms with Crippen LogP contribution in [0.4, 0.5) is 30.2 Å². The second-order valence-electron chi connectivity index (χ2n) is 9.38. The third-order valence-corrected chi connectivity index (χ3v) is 6.44. The Balaban J connectivity index is 1.57. The first-order chi connectivity index (χ1) is 18.9. The Kier molecular flexibility index (Phi) is 6.54. The molecule has 0 radical (unpaired) electrons. The SMILES string of the molecule is Cc1cc(C)cc(N2C(=O)C(=NNc3cccc(-c4cccc(C(=O)O)c4)c3O)c3ccc(C(F)(F)F)cc32)c1. The van der Waals surface area contributed by atoms with E-state index in [1.54, 1.807) is 36.4 Å². The lowest BCUT2D eigenvalue weighted by molar-refractivity contribution is -0.137. The maximum absolute atomic E-state index is 13.6. The van der Waals surface area contributed by atoms with E-state index >= 15 is 0 Å². The van der Waals surface area contributed by atoms with Crippen molar-refractivity contribution in [3.63, 3.8) is 0 Å². The molecule has 0 unspecified atom stereocenters. The van der Waals surface area contributed by atoms with E-state index in [9.17, 15) is 33.0 Å². The molecular formula is C30H22F3N3O4. The number of para-hydroxylation sites is 1. The maximum atomic E-state index is 13.6. The Labute approximate surface area is 226 Å². The molecule has 202 valence electrons. The average Bonchev–Trinajstić information content (AvgIpc) is 3.17. The summed E-state index contributed by atoms with van der Waals surface area (Å²) in [6.07, 6.45) is -4.62. The van der Waals surface area contributed by atoms with Crippen molar-refractivity contribution in [2.24, 2.45) is 5.10 Å². The number of benzene rings is 4. The summed E-state index contributed by atoms with van der Waals surface area (Å²) in [5.74, 6) is -2.02. The Morgan fingerprint density at radius 3 is 2.27 bits per heavy atom. The van der Waals surface area contributed by atoms with Crippen LogP contribution in [0.3, 0.4) is 0 Å². The van der Waals surface area contributed by atoms with Crippen LogP contribution in [-0.2, 0) is 11.0 Å². The van der Waals surface area contributed by atoms with Crippen LogP contribution in [0.2, 0.25) is 0 Å². The number of aryl methyl sites for hydroxylation is 2. The number of hydrogen-bond acceptors (Lipinski definition) is 5. The zero-order valence-corrected chi connectivity index (χ0v) is 21.2. The Bertz CT molecular complexity index is 1690. The fourth-order valence-electron chi connectivity index (χ4n) is 4.67. The predicted octanol–water partition coefficient (Wildman–Crippen LogP) is 6.89. The number of nitrogens with zero attached hydrogens (tertiary/aromatic N) is 2. The van der Waals surface area contributed by atoms with Crippen LogP contribution in [0.25, 0.3) is 11.1 Å². The lowest BCUT2D eigenvalue weighted by Gasteiger charge is -2.19. The predicted molar refractivity (Wildman–Crippen MR) is 145 cm³/mol. The van der Waals surface area contributed by atoms with Crippen molar-refractivity contribution < 1.29 is 33.0 Å². The summed E-state index contributed by atoms with van der Waals surface area (Å²) in [5, 5.41) is 24.4. The van der Waals surface area contributed by atoms with Gasteiger partial charge in [-0.25, -0.2) is 4.79 Å². The number of alkyl halides is 3. The molecule has 4 aromatic rings. The number of carboxylic acids is 1. The minimum atomic E-state index is -4.62. The molecule has 40 heavy (non-hydrogen) atoms. The number of anilines is 3. The van der Waals surface area contributed by atoms with E-state index in [1.165, 1.54) is 29.2 Å². The topological polar surface area (TPSA) is 102 Å². The number of hydrazone groups is 1. The summed E-state index contributed by atoms with van der Waals surface area (Å²) in [7, 11) is 0. The highest BCUT2D eigenvalue weighted by molar-refractivity contribution is 6.55. The molecule has 3 N–H and O–H groups in total. The molecule has 1 aliphatic rings. The van der Waals surface area contributed by atoms with Gasteiger partial charge in [-0.1, -0.05) is 30.3 Å². The van der Waals surface area contributed by atoms with E-state index in [0.717, 1.165) is 23.3 Å². The van der Waals surface area contributed by atoms with Crippen LogP contribution in [0.1, 0.15) is 32.6 Å². The highest BCUT2D eigenvalue weighted by Crippen LogP contribution is 2.41. The van der Waals surface area contributed by atoms with Gasteiger partial charge in [-0.2, -0.15) is 18.3 Å². The number of phenols is 1. The Morgan fingerprint density at radius 2 is 1.60 bits per heavy atom. The zero-order valence-electron chi connectivity index (χ0n) is 21.2. The van der Waals surface area contributed by atoms with Crippen molar-refractivity contribution >= 4 is 34.7 Å². The molecule has 1 heterocycles. The van der Waals surface area contributed by atoms with E-state index < -0.39 is 23.6 Å². The minimum Gasteiger partial charge on any atom is -0.505 e. The van der Waals surface area contributed by atoms with Gasteiger partial charge >= 0.3 is 12.1 Å². The number of carbonyl (C=O) groups excluding carboxylic acids is 1. The molecule has 0 atom stereocenters. The van der Waals surface area contributed by atoms with Crippen LogP contribution in [0, 0.1) is 13.8 Å². The van der Waals surface area contributed by atoms with Crippen LogP contribution >= 0.6 is 0 Å². The second-order valence-corrected chi connectivity index (χ2v) is 9.38. The van der Waals surface area contributed by atoms with Gasteiger partial charge in [0.25, 0.3) is 5.91 Å². The van der Waals surface area contributed by atoms with E-state index in [4.69, 9.17) is 0 Å². The number of rotatable bonds is 5. The number of aromatic carboxylic acids is 1. The number of nitrogens with one attached hydrogen (secondary N) is 1. The first-order valence-electron chi connectivity index (χ1n) is 12.1. The highest BCUT2D eigenvalue weighted by Gasteiger charge is 2.39. The van der Waals surface area contributed by atoms with E-state index in [1.807, 2.05) is 19.9 Å². The highest BCUT2D eigenvalue weighted by atomic mass is 19.4. The first kappa shape index (κ1) is 26.5. The summed E-state index contributed by atoms with van der Waals surface area (Å²) in [5.41, 5.74) is 4.80. The number of fused-ring (bicyclic) bond motifs is 1. The van der Waals surface area contributed by atoms with Crippen LogP contribution in [0.15, 0.2) is 84.0 Å². The minimum absolute atomic E-state index is 0.0355. The van der Waals surface area contributed by atoms with Gasteiger partial charge in [-0.3, -0.25) is 15.1 Å². The third kappa shape index (κ3) is 4.86. The van der Waals surface area contributed by atoms with Crippen LogP contribution < -0.4 is 10.3 Å². The summed E-state index contributed by atoms with van der Waals surface area (Å²) < 4.78 is 40.7. The van der Waals surface area contributed by atoms with Gasteiger partial charge in [0.2, 0.25) is 0 Å². The van der Waals surface area contributed by atoms with E-state index in [0.29, 0.717) is 16.8 Å². The van der Waals surface area contributed by atoms with Gasteiger partial charge in [0.1, 0.15) is 5.75 Å². The fraction of sp³-hybridized carbons (Fsp3) is 0.100. The molecule has 1 aliphatic heterocycles. The lowest BCUT2D eigenvalue weighted by atomic mass is 10.0. The molecule has 0 spiro atoms. The standard InChI is InChI=1S/C30H22F3N3O4/c1-16-11-17(2)13-21(12-16)36-25-15-20(30(31,32)33)9-10-23(25)26(28(36)38)35-34-24-8-4-7-22(27(24)37)18-5-3-6-19(14-18)29(39)40/h3-15,34,37H,1-2H3,(H,39,40). The van der Waals surface area contributed by atoms with Crippen molar-refractivity contribution in [3.8, 4) is 16.9 Å². The average molecular weight is 546 g/mol. The quantitative estimate of drug-likeness (QED) is 0.187. The number of amides is 1. The van der Waals surface area contributed by atoms with Crippen molar-refractivity contribution in [3.05, 3.63) is 107 Å². The van der Waals surface area contributed by atoms with Gasteiger partial charge in [-0.05, 0) is 79.1 Å². The molecule has 4 aromatic carbocycles. The largest absolute Gasteiger partial charge is 0.505 e. The molecule has 0 fully saturated rings. The summed E-state index contributed by atoms with van der Waals surface area (Å²) in [6, 6.07) is 19.0. The maximum Gasteiger partial charge on any atom is 0.416 e.